The molecule has 6 rings (SSSR count). The van der Waals surface area contributed by atoms with Gasteiger partial charge in [0.05, 0.1) is 11.8 Å². The van der Waals surface area contributed by atoms with Crippen molar-refractivity contribution in [3.8, 4) is 0 Å². The molecule has 8 nitrogen and oxygen atoms in total. The van der Waals surface area contributed by atoms with Crippen molar-refractivity contribution in [3.63, 3.8) is 0 Å². The largest absolute Gasteiger partial charge is 0.420 e. The van der Waals surface area contributed by atoms with E-state index in [0.717, 1.165) is 78.0 Å². The van der Waals surface area contributed by atoms with Crippen molar-refractivity contribution in [3.05, 3.63) is 53.3 Å². The Balaban J connectivity index is 1.38. The van der Waals surface area contributed by atoms with Crippen LogP contribution in [0.25, 0.3) is 27.9 Å². The van der Waals surface area contributed by atoms with Gasteiger partial charge in [0.15, 0.2) is 5.76 Å². The van der Waals surface area contributed by atoms with E-state index < -0.39 is 5.97 Å². The zero-order valence-electron chi connectivity index (χ0n) is 24.9. The van der Waals surface area contributed by atoms with Gasteiger partial charge in [0, 0.05) is 41.3 Å². The second-order valence-corrected chi connectivity index (χ2v) is 11.8. The molecule has 3 aliphatic rings. The molecule has 0 unspecified atom stereocenters. The lowest BCUT2D eigenvalue weighted by Crippen LogP contribution is -2.41. The third-order valence-electron chi connectivity index (χ3n) is 8.88. The molecule has 0 bridgehead atoms. The Morgan fingerprint density at radius 2 is 1.62 bits per heavy atom. The molecule has 0 N–H and O–H groups in total. The van der Waals surface area contributed by atoms with E-state index >= 15 is 0 Å². The van der Waals surface area contributed by atoms with Gasteiger partial charge in [-0.25, -0.2) is 9.79 Å². The van der Waals surface area contributed by atoms with Crippen LogP contribution in [0.1, 0.15) is 96.1 Å². The molecule has 1 amide bonds. The van der Waals surface area contributed by atoms with Gasteiger partial charge in [0.25, 0.3) is 5.91 Å². The second-order valence-electron chi connectivity index (χ2n) is 11.8. The molecule has 1 aliphatic heterocycles. The van der Waals surface area contributed by atoms with Gasteiger partial charge >= 0.3 is 12.0 Å². The number of carbonyl (C=O) groups excluding carboxylic acids is 2. The Morgan fingerprint density at radius 1 is 0.952 bits per heavy atom. The van der Waals surface area contributed by atoms with Gasteiger partial charge in [-0.15, -0.1) is 0 Å². The SMILES string of the molecule is CCn1c2ccc(C=C3OC(=NC4CCCCC4)N(C4CCCCC4)C3=O)cc2c2cc(C(C)=NOC(C)=O)ccc21. The highest BCUT2D eigenvalue weighted by molar-refractivity contribution is 6.13. The van der Waals surface area contributed by atoms with Crippen LogP contribution in [0.2, 0.25) is 0 Å². The first-order valence-corrected chi connectivity index (χ1v) is 15.5. The van der Waals surface area contributed by atoms with Gasteiger partial charge in [0.2, 0.25) is 0 Å². The summed E-state index contributed by atoms with van der Waals surface area (Å²) in [5.74, 6) is -0.181. The Hall–Kier alpha value is -3.94. The van der Waals surface area contributed by atoms with E-state index in [-0.39, 0.29) is 18.0 Å². The Morgan fingerprint density at radius 3 is 2.31 bits per heavy atom. The second kappa shape index (κ2) is 12.1. The zero-order chi connectivity index (χ0) is 29.2. The Labute approximate surface area is 247 Å². The van der Waals surface area contributed by atoms with E-state index in [9.17, 15) is 9.59 Å². The molecular weight excluding hydrogens is 528 g/mol. The number of carbonyl (C=O) groups is 2. The number of benzene rings is 2. The summed E-state index contributed by atoms with van der Waals surface area (Å²) in [5, 5.41) is 6.13. The number of amidine groups is 1. The quantitative estimate of drug-likeness (QED) is 0.135. The monoisotopic (exact) mass is 568 g/mol. The van der Waals surface area contributed by atoms with Gasteiger partial charge in [-0.05, 0) is 81.0 Å². The van der Waals surface area contributed by atoms with E-state index in [1.807, 2.05) is 30.0 Å². The van der Waals surface area contributed by atoms with Gasteiger partial charge in [-0.3, -0.25) is 9.69 Å². The first-order valence-electron chi connectivity index (χ1n) is 15.5. The number of hydrogen-bond donors (Lipinski definition) is 0. The summed E-state index contributed by atoms with van der Waals surface area (Å²) in [7, 11) is 0. The third-order valence-corrected chi connectivity index (χ3v) is 8.88. The van der Waals surface area contributed by atoms with Crippen LogP contribution < -0.4 is 0 Å². The third kappa shape index (κ3) is 5.59. The van der Waals surface area contributed by atoms with Crippen molar-refractivity contribution < 1.29 is 19.2 Å². The zero-order valence-corrected chi connectivity index (χ0v) is 24.9. The molecule has 2 aliphatic carbocycles. The van der Waals surface area contributed by atoms with Crippen molar-refractivity contribution in [1.29, 1.82) is 0 Å². The predicted molar refractivity (Wildman–Crippen MR) is 166 cm³/mol. The van der Waals surface area contributed by atoms with Crippen molar-refractivity contribution >= 4 is 51.5 Å². The van der Waals surface area contributed by atoms with E-state index in [4.69, 9.17) is 14.6 Å². The number of ether oxygens (including phenoxy) is 1. The van der Waals surface area contributed by atoms with Crippen molar-refractivity contribution in [2.45, 2.75) is 104 Å². The number of oxime groups is 1. The minimum atomic E-state index is -0.451. The maximum atomic E-state index is 13.8. The van der Waals surface area contributed by atoms with Crippen LogP contribution in [0.15, 0.2) is 52.3 Å². The lowest BCUT2D eigenvalue weighted by atomic mass is 9.94. The first kappa shape index (κ1) is 28.2. The molecule has 0 atom stereocenters. The maximum Gasteiger partial charge on any atom is 0.331 e. The van der Waals surface area contributed by atoms with Crippen LogP contribution in [-0.2, 0) is 25.7 Å². The average Bonchev–Trinajstić information content (AvgIpc) is 3.49. The number of aliphatic imine (C=N–C) groups is 1. The van der Waals surface area contributed by atoms with E-state index in [2.05, 4.69) is 40.9 Å². The Bertz CT molecular complexity index is 1600. The summed E-state index contributed by atoms with van der Waals surface area (Å²) < 4.78 is 8.57. The number of nitrogens with zero attached hydrogens (tertiary/aromatic N) is 4. The highest BCUT2D eigenvalue weighted by atomic mass is 16.7. The summed E-state index contributed by atoms with van der Waals surface area (Å²) in [5.41, 5.74) is 4.63. The fourth-order valence-electron chi connectivity index (χ4n) is 6.72. The lowest BCUT2D eigenvalue weighted by molar-refractivity contribution is -0.140. The van der Waals surface area contributed by atoms with Crippen LogP contribution in [0.5, 0.6) is 0 Å². The number of amides is 1. The summed E-state index contributed by atoms with van der Waals surface area (Å²) in [6.45, 7) is 6.11. The molecular formula is C34H40N4O4. The minimum absolute atomic E-state index is 0.0767. The van der Waals surface area contributed by atoms with Gasteiger partial charge in [0.1, 0.15) is 0 Å². The average molecular weight is 569 g/mol. The van der Waals surface area contributed by atoms with Crippen molar-refractivity contribution in [2.24, 2.45) is 10.1 Å². The standard InChI is InChI=1S/C34H40N4O4/c1-4-37-30-17-15-24(19-28(30)29-21-25(16-18-31(29)37)22(2)36-42-23(3)39)20-32-33(40)38(27-13-9-6-10-14-27)34(41-32)35-26-11-7-5-8-12-26/h15-21,26-27H,4-14H2,1-3H3. The number of aromatic nitrogens is 1. The minimum Gasteiger partial charge on any atom is -0.420 e. The number of aryl methyl sites for hydroxylation is 1. The van der Waals surface area contributed by atoms with Crippen LogP contribution in [-0.4, -0.2) is 45.2 Å². The van der Waals surface area contributed by atoms with Crippen LogP contribution in [0.3, 0.4) is 0 Å². The maximum absolute atomic E-state index is 13.8. The predicted octanol–water partition coefficient (Wildman–Crippen LogP) is 7.32. The summed E-state index contributed by atoms with van der Waals surface area (Å²) in [4.78, 5) is 36.8. The first-order chi connectivity index (χ1) is 20.4. The topological polar surface area (TPSA) is 85.5 Å². The molecule has 1 saturated heterocycles. The highest BCUT2D eigenvalue weighted by Crippen LogP contribution is 2.34. The van der Waals surface area contributed by atoms with E-state index in [1.54, 1.807) is 0 Å². The lowest BCUT2D eigenvalue weighted by Gasteiger charge is -2.29. The molecule has 8 heteroatoms. The van der Waals surface area contributed by atoms with Crippen LogP contribution in [0.4, 0.5) is 0 Å². The molecule has 42 heavy (non-hydrogen) atoms. The molecule has 3 aromatic rings. The summed E-state index contributed by atoms with van der Waals surface area (Å²) in [6, 6.07) is 13.3. The molecule has 3 fully saturated rings. The fraction of sp³-hybridized carbons (Fsp3) is 0.471. The summed E-state index contributed by atoms with van der Waals surface area (Å²) in [6.07, 6.45) is 13.1. The van der Waals surface area contributed by atoms with Gasteiger partial charge < -0.3 is 14.1 Å². The normalized spacial score (nSPS) is 21.2. The van der Waals surface area contributed by atoms with Gasteiger partial charge in [-0.2, -0.15) is 0 Å². The molecule has 2 heterocycles. The molecule has 220 valence electrons. The summed E-state index contributed by atoms with van der Waals surface area (Å²) >= 11 is 0. The highest BCUT2D eigenvalue weighted by Gasteiger charge is 2.40. The smallest absolute Gasteiger partial charge is 0.331 e. The van der Waals surface area contributed by atoms with Gasteiger partial charge in [-0.1, -0.05) is 55.8 Å². The van der Waals surface area contributed by atoms with E-state index in [1.165, 1.54) is 32.6 Å². The van der Waals surface area contributed by atoms with Crippen LogP contribution >= 0.6 is 0 Å². The van der Waals surface area contributed by atoms with Crippen molar-refractivity contribution in [1.82, 2.24) is 9.47 Å². The Kier molecular flexibility index (Phi) is 8.13. The molecule has 2 saturated carbocycles. The number of hydrogen-bond acceptors (Lipinski definition) is 6. The van der Waals surface area contributed by atoms with E-state index in [0.29, 0.717) is 17.5 Å². The molecule has 0 radical (unpaired) electrons. The number of fused-ring (bicyclic) bond motifs is 3. The van der Waals surface area contributed by atoms with Crippen LogP contribution in [0, 0.1) is 0 Å². The van der Waals surface area contributed by atoms with Crippen molar-refractivity contribution in [2.75, 3.05) is 0 Å². The molecule has 0 spiro atoms. The fourth-order valence-corrected chi connectivity index (χ4v) is 6.72. The molecule has 1 aromatic heterocycles. The molecule has 2 aromatic carbocycles. The number of rotatable bonds is 6.